The number of aromatic nitrogens is 2. The van der Waals surface area contributed by atoms with Gasteiger partial charge < -0.3 is 4.42 Å². The average Bonchev–Trinajstić information content (AvgIpc) is 3.57. The van der Waals surface area contributed by atoms with Crippen LogP contribution in [0, 0.1) is 0 Å². The number of para-hydroxylation sites is 1. The van der Waals surface area contributed by atoms with E-state index in [9.17, 15) is 0 Å². The van der Waals surface area contributed by atoms with E-state index in [-0.39, 0.29) is 0 Å². The zero-order chi connectivity index (χ0) is 32.3. The Bertz CT molecular complexity index is 2780. The molecule has 0 N–H and O–H groups in total. The lowest BCUT2D eigenvalue weighted by Crippen LogP contribution is -1.98. The first kappa shape index (κ1) is 27.5. The predicted molar refractivity (Wildman–Crippen MR) is 204 cm³/mol. The van der Waals surface area contributed by atoms with Gasteiger partial charge in [-0.1, -0.05) is 140 Å². The van der Waals surface area contributed by atoms with E-state index in [2.05, 4.69) is 146 Å². The van der Waals surface area contributed by atoms with Crippen LogP contribution in [0.5, 0.6) is 0 Å². The molecule has 3 nitrogen and oxygen atoms in total. The highest BCUT2D eigenvalue weighted by molar-refractivity contribution is 6.26. The monoisotopic (exact) mass is 624 g/mol. The summed E-state index contributed by atoms with van der Waals surface area (Å²) in [5, 5.41) is 9.58. The lowest BCUT2D eigenvalue weighted by molar-refractivity contribution is 0.669. The molecule has 10 aromatic rings. The number of furan rings is 1. The normalized spacial score (nSPS) is 11.7. The van der Waals surface area contributed by atoms with Crippen LogP contribution in [-0.4, -0.2) is 9.97 Å². The summed E-state index contributed by atoms with van der Waals surface area (Å²) in [5.41, 5.74) is 8.65. The first-order chi connectivity index (χ1) is 24.3. The van der Waals surface area contributed by atoms with Gasteiger partial charge in [0.15, 0.2) is 5.82 Å². The third-order valence-corrected chi connectivity index (χ3v) is 9.68. The van der Waals surface area contributed by atoms with Crippen molar-refractivity contribution >= 4 is 54.3 Å². The minimum absolute atomic E-state index is 0.672. The van der Waals surface area contributed by atoms with Gasteiger partial charge in [0.1, 0.15) is 11.2 Å². The van der Waals surface area contributed by atoms with E-state index in [1.165, 1.54) is 32.3 Å². The quantitative estimate of drug-likeness (QED) is 0.183. The Morgan fingerprint density at radius 3 is 1.47 bits per heavy atom. The van der Waals surface area contributed by atoms with Crippen LogP contribution in [0.4, 0.5) is 0 Å². The molecular weight excluding hydrogens is 597 g/mol. The first-order valence-electron chi connectivity index (χ1n) is 16.6. The molecule has 2 aromatic heterocycles. The minimum atomic E-state index is 0.672. The summed E-state index contributed by atoms with van der Waals surface area (Å²) >= 11 is 0. The van der Waals surface area contributed by atoms with Crippen molar-refractivity contribution < 1.29 is 4.42 Å². The lowest BCUT2D eigenvalue weighted by atomic mass is 9.89. The van der Waals surface area contributed by atoms with E-state index in [1.54, 1.807) is 0 Å². The fourth-order valence-corrected chi connectivity index (χ4v) is 7.45. The summed E-state index contributed by atoms with van der Waals surface area (Å²) < 4.78 is 6.47. The maximum atomic E-state index is 6.47. The number of hydrogen-bond donors (Lipinski definition) is 0. The van der Waals surface area contributed by atoms with Crippen molar-refractivity contribution in [2.75, 3.05) is 0 Å². The topological polar surface area (TPSA) is 38.9 Å². The molecule has 0 fully saturated rings. The number of hydrogen-bond acceptors (Lipinski definition) is 3. The Kier molecular flexibility index (Phi) is 6.18. The molecule has 3 heteroatoms. The summed E-state index contributed by atoms with van der Waals surface area (Å²) in [7, 11) is 0. The SMILES string of the molecule is c1ccc(-c2cc(-c3ccccc3)nc(-c3ccc4oc5ccccc5c4c3-c3ccc4c5ccccc5c5ccccc5c4c3)n2)cc1. The van der Waals surface area contributed by atoms with E-state index in [0.717, 1.165) is 61.1 Å². The fourth-order valence-electron chi connectivity index (χ4n) is 7.45. The molecule has 228 valence electrons. The number of nitrogens with zero attached hydrogens (tertiary/aromatic N) is 2. The van der Waals surface area contributed by atoms with Gasteiger partial charge in [0.25, 0.3) is 0 Å². The molecule has 0 radical (unpaired) electrons. The van der Waals surface area contributed by atoms with Crippen molar-refractivity contribution in [1.82, 2.24) is 9.97 Å². The van der Waals surface area contributed by atoms with Gasteiger partial charge in [0, 0.05) is 33.0 Å². The van der Waals surface area contributed by atoms with E-state index >= 15 is 0 Å². The van der Waals surface area contributed by atoms with Crippen molar-refractivity contribution in [1.29, 1.82) is 0 Å². The van der Waals surface area contributed by atoms with Gasteiger partial charge in [-0.25, -0.2) is 9.97 Å². The molecule has 0 atom stereocenters. The van der Waals surface area contributed by atoms with Crippen LogP contribution in [0.2, 0.25) is 0 Å². The zero-order valence-corrected chi connectivity index (χ0v) is 26.5. The van der Waals surface area contributed by atoms with Crippen molar-refractivity contribution in [3.8, 4) is 45.0 Å². The summed E-state index contributed by atoms with van der Waals surface area (Å²) in [6.07, 6.45) is 0. The highest BCUT2D eigenvalue weighted by Crippen LogP contribution is 2.45. The van der Waals surface area contributed by atoms with Crippen molar-refractivity contribution in [3.63, 3.8) is 0 Å². The maximum Gasteiger partial charge on any atom is 0.161 e. The summed E-state index contributed by atoms with van der Waals surface area (Å²) in [5.74, 6) is 0.672. The average molecular weight is 625 g/mol. The number of rotatable bonds is 4. The van der Waals surface area contributed by atoms with Gasteiger partial charge in [-0.15, -0.1) is 0 Å². The molecule has 0 saturated heterocycles. The van der Waals surface area contributed by atoms with E-state index < -0.39 is 0 Å². The molecule has 0 bridgehead atoms. The second-order valence-corrected chi connectivity index (χ2v) is 12.5. The largest absolute Gasteiger partial charge is 0.456 e. The molecule has 0 aliphatic carbocycles. The fraction of sp³-hybridized carbons (Fsp3) is 0. The van der Waals surface area contributed by atoms with Crippen LogP contribution < -0.4 is 0 Å². The van der Waals surface area contributed by atoms with E-state index in [4.69, 9.17) is 14.4 Å². The molecule has 0 unspecified atom stereocenters. The summed E-state index contributed by atoms with van der Waals surface area (Å²) in [6, 6.07) is 59.6. The smallest absolute Gasteiger partial charge is 0.161 e. The van der Waals surface area contributed by atoms with Gasteiger partial charge in [-0.3, -0.25) is 0 Å². The van der Waals surface area contributed by atoms with Crippen LogP contribution >= 0.6 is 0 Å². The second kappa shape index (κ2) is 11.0. The van der Waals surface area contributed by atoms with Gasteiger partial charge in [0.05, 0.1) is 11.4 Å². The molecule has 10 rings (SSSR count). The molecule has 0 aliphatic heterocycles. The maximum absolute atomic E-state index is 6.47. The molecule has 49 heavy (non-hydrogen) atoms. The minimum Gasteiger partial charge on any atom is -0.456 e. The van der Waals surface area contributed by atoms with Crippen LogP contribution in [-0.2, 0) is 0 Å². The molecule has 2 heterocycles. The van der Waals surface area contributed by atoms with E-state index in [0.29, 0.717) is 5.82 Å². The third kappa shape index (κ3) is 4.44. The highest BCUT2D eigenvalue weighted by Gasteiger charge is 2.21. The third-order valence-electron chi connectivity index (χ3n) is 9.68. The van der Waals surface area contributed by atoms with Crippen molar-refractivity contribution in [2.24, 2.45) is 0 Å². The van der Waals surface area contributed by atoms with Gasteiger partial charge in [-0.05, 0) is 68.2 Å². The number of fused-ring (bicyclic) bond motifs is 9. The van der Waals surface area contributed by atoms with Gasteiger partial charge >= 0.3 is 0 Å². The Morgan fingerprint density at radius 1 is 0.347 bits per heavy atom. The molecule has 0 spiro atoms. The molecular formula is C46H28N2O. The lowest BCUT2D eigenvalue weighted by Gasteiger charge is -2.16. The van der Waals surface area contributed by atoms with Crippen LogP contribution in [0.3, 0.4) is 0 Å². The van der Waals surface area contributed by atoms with Crippen LogP contribution in [0.1, 0.15) is 0 Å². The summed E-state index contributed by atoms with van der Waals surface area (Å²) in [4.78, 5) is 10.5. The Labute approximate surface area is 282 Å². The Morgan fingerprint density at radius 2 is 0.857 bits per heavy atom. The second-order valence-electron chi connectivity index (χ2n) is 12.5. The van der Waals surface area contributed by atoms with Crippen LogP contribution in [0.15, 0.2) is 174 Å². The number of benzene rings is 8. The zero-order valence-electron chi connectivity index (χ0n) is 26.5. The predicted octanol–water partition coefficient (Wildman–Crippen LogP) is 12.5. The summed E-state index contributed by atoms with van der Waals surface area (Å²) in [6.45, 7) is 0. The molecule has 0 aliphatic rings. The molecule has 0 saturated carbocycles. The van der Waals surface area contributed by atoms with Crippen molar-refractivity contribution in [3.05, 3.63) is 170 Å². The first-order valence-corrected chi connectivity index (χ1v) is 16.6. The standard InChI is InChI=1S/C46H28N2O/c1-3-13-29(14-4-1)40-28-41(30-15-5-2-6-16-30)48-46(47-40)38-25-26-43-45(37-21-11-12-22-42(37)49-43)44(38)31-23-24-36-34-19-8-7-17-32(34)33-18-9-10-20-35(33)39(36)27-31/h1-28H. The van der Waals surface area contributed by atoms with Crippen molar-refractivity contribution in [2.45, 2.75) is 0 Å². The molecule has 0 amide bonds. The van der Waals surface area contributed by atoms with E-state index in [1.807, 2.05) is 24.3 Å². The molecule has 8 aromatic carbocycles. The van der Waals surface area contributed by atoms with Crippen LogP contribution in [0.25, 0.3) is 99.3 Å². The van der Waals surface area contributed by atoms with Gasteiger partial charge in [0.2, 0.25) is 0 Å². The highest BCUT2D eigenvalue weighted by atomic mass is 16.3. The van der Waals surface area contributed by atoms with Gasteiger partial charge in [-0.2, -0.15) is 0 Å². The Balaban J connectivity index is 1.32. The Hall–Kier alpha value is -6.58.